The summed E-state index contributed by atoms with van der Waals surface area (Å²) < 4.78 is 48.6. The average molecular weight is 562 g/mol. The Morgan fingerprint density at radius 2 is 1.68 bits per heavy atom. The van der Waals surface area contributed by atoms with Gasteiger partial charge >= 0.3 is 6.01 Å². The van der Waals surface area contributed by atoms with Gasteiger partial charge in [-0.3, -0.25) is 14.8 Å². The molecule has 0 unspecified atom stereocenters. The van der Waals surface area contributed by atoms with Crippen molar-refractivity contribution in [1.82, 2.24) is 15.3 Å². The van der Waals surface area contributed by atoms with Crippen LogP contribution >= 0.6 is 12.2 Å². The molecule has 0 atom stereocenters. The van der Waals surface area contributed by atoms with Gasteiger partial charge in [-0.15, -0.1) is 0 Å². The van der Waals surface area contributed by atoms with Gasteiger partial charge in [-0.1, -0.05) is 0 Å². The molecule has 0 spiro atoms. The number of nitrogens with zero attached hydrogens (tertiary/aromatic N) is 2. The van der Waals surface area contributed by atoms with E-state index in [0.717, 1.165) is 0 Å². The third-order valence-corrected chi connectivity index (χ3v) is 6.35. The van der Waals surface area contributed by atoms with Crippen molar-refractivity contribution >= 4 is 44.8 Å². The zero-order chi connectivity index (χ0) is 27.5. The molecule has 0 fully saturated rings. The van der Waals surface area contributed by atoms with Crippen molar-refractivity contribution < 1.29 is 32.2 Å². The van der Waals surface area contributed by atoms with Gasteiger partial charge in [0.25, 0.3) is 15.9 Å². The van der Waals surface area contributed by atoms with Crippen LogP contribution in [0.1, 0.15) is 17.3 Å². The second-order valence-electron chi connectivity index (χ2n) is 7.39. The molecular weight excluding hydrogens is 534 g/mol. The second-order valence-corrected chi connectivity index (χ2v) is 9.48. The first-order valence-corrected chi connectivity index (χ1v) is 13.2. The van der Waals surface area contributed by atoms with Crippen LogP contribution in [0, 0.1) is 0 Å². The Kier molecular flexibility index (Phi) is 10.2. The van der Waals surface area contributed by atoms with E-state index in [-0.39, 0.29) is 27.7 Å². The molecule has 3 N–H and O–H groups in total. The highest BCUT2D eigenvalue weighted by Gasteiger charge is 2.17. The van der Waals surface area contributed by atoms with E-state index in [9.17, 15) is 13.2 Å². The number of thiocarbonyl (C=S) groups is 1. The van der Waals surface area contributed by atoms with Gasteiger partial charge in [0.05, 0.1) is 25.7 Å². The second kappa shape index (κ2) is 13.5. The van der Waals surface area contributed by atoms with Crippen LogP contribution in [0.15, 0.2) is 59.5 Å². The smallest absolute Gasteiger partial charge is 0.321 e. The maximum absolute atomic E-state index is 12.8. The molecule has 1 aromatic heterocycles. The molecule has 3 rings (SSSR count). The zero-order valence-electron chi connectivity index (χ0n) is 20.9. The summed E-state index contributed by atoms with van der Waals surface area (Å²) in [5, 5.41) is 5.46. The fraction of sp³-hybridized carbons (Fsp3) is 0.250. The Morgan fingerprint density at radius 1 is 0.974 bits per heavy atom. The van der Waals surface area contributed by atoms with Gasteiger partial charge in [0.2, 0.25) is 5.88 Å². The van der Waals surface area contributed by atoms with Crippen LogP contribution in [-0.4, -0.2) is 63.4 Å². The lowest BCUT2D eigenvalue weighted by Crippen LogP contribution is -2.34. The predicted octanol–water partition coefficient (Wildman–Crippen LogP) is 2.84. The maximum Gasteiger partial charge on any atom is 0.321 e. The van der Waals surface area contributed by atoms with Gasteiger partial charge in [-0.05, 0) is 67.7 Å². The van der Waals surface area contributed by atoms with E-state index in [1.54, 1.807) is 24.3 Å². The number of carbonyl (C=O) groups excluding carboxylic acids is 1. The molecule has 0 saturated carbocycles. The van der Waals surface area contributed by atoms with Crippen LogP contribution in [0.5, 0.6) is 17.6 Å². The Balaban J connectivity index is 1.56. The summed E-state index contributed by atoms with van der Waals surface area (Å²) in [5.74, 6) is 0.309. The van der Waals surface area contributed by atoms with Crippen LogP contribution < -0.4 is 29.6 Å². The van der Waals surface area contributed by atoms with E-state index < -0.39 is 15.9 Å². The van der Waals surface area contributed by atoms with E-state index in [2.05, 4.69) is 25.3 Å². The topological polar surface area (TPSA) is 150 Å². The summed E-state index contributed by atoms with van der Waals surface area (Å²) in [6.07, 6.45) is 0. The Labute approximate surface area is 225 Å². The van der Waals surface area contributed by atoms with Crippen molar-refractivity contribution in [3.05, 3.63) is 60.2 Å². The number of hydrogen-bond acceptors (Lipinski definition) is 10. The first-order chi connectivity index (χ1) is 18.2. The number of ether oxygens (including phenoxy) is 4. The summed E-state index contributed by atoms with van der Waals surface area (Å²) in [6, 6.07) is 13.6. The van der Waals surface area contributed by atoms with Crippen LogP contribution in [0.4, 0.5) is 11.5 Å². The molecular formula is C24H27N5O7S2. The van der Waals surface area contributed by atoms with Gasteiger partial charge in [0.15, 0.2) is 10.9 Å². The Morgan fingerprint density at radius 3 is 2.32 bits per heavy atom. The summed E-state index contributed by atoms with van der Waals surface area (Å²) in [4.78, 5) is 20.3. The molecule has 2 aromatic carbocycles. The number of sulfonamides is 1. The third kappa shape index (κ3) is 8.26. The number of amides is 1. The number of hydrogen-bond donors (Lipinski definition) is 3. The minimum atomic E-state index is -3.98. The minimum Gasteiger partial charge on any atom is -0.491 e. The summed E-state index contributed by atoms with van der Waals surface area (Å²) >= 11 is 5.21. The lowest BCUT2D eigenvalue weighted by Gasteiger charge is -2.12. The molecule has 0 bridgehead atoms. The van der Waals surface area contributed by atoms with Crippen molar-refractivity contribution in [2.45, 2.75) is 11.8 Å². The summed E-state index contributed by atoms with van der Waals surface area (Å²) in [7, 11) is -1.24. The molecule has 0 radical (unpaired) electrons. The van der Waals surface area contributed by atoms with E-state index in [1.807, 2.05) is 6.92 Å². The lowest BCUT2D eigenvalue weighted by molar-refractivity contribution is 0.0977. The molecule has 0 aliphatic heterocycles. The molecule has 12 nitrogen and oxygen atoms in total. The lowest BCUT2D eigenvalue weighted by atomic mass is 10.2. The highest BCUT2D eigenvalue weighted by molar-refractivity contribution is 7.92. The van der Waals surface area contributed by atoms with Crippen LogP contribution in [0.3, 0.4) is 0 Å². The number of nitrogens with one attached hydrogen (secondary N) is 3. The third-order valence-electron chi connectivity index (χ3n) is 4.78. The molecule has 202 valence electrons. The highest BCUT2D eigenvalue weighted by atomic mass is 32.2. The van der Waals surface area contributed by atoms with E-state index >= 15 is 0 Å². The van der Waals surface area contributed by atoms with Gasteiger partial charge in [0, 0.05) is 23.9 Å². The summed E-state index contributed by atoms with van der Waals surface area (Å²) in [5.41, 5.74) is 0.856. The van der Waals surface area contributed by atoms with Gasteiger partial charge in [-0.2, -0.15) is 9.97 Å². The monoisotopic (exact) mass is 561 g/mol. The highest BCUT2D eigenvalue weighted by Crippen LogP contribution is 2.21. The standard InChI is InChI=1S/C24H27N5O7S2/c1-4-35-13-14-36-18-9-5-16(6-10-18)22(30)28-24(37)25-17-7-11-19(12-8-17)38(31,32)29-20-15-21(33-2)27-23(26-20)34-3/h5-12,15H,4,13-14H2,1-3H3,(H,26,27,29)(H2,25,28,30,37). The van der Waals surface area contributed by atoms with Crippen LogP contribution in [-0.2, 0) is 14.8 Å². The van der Waals surface area contributed by atoms with Crippen LogP contribution in [0.25, 0.3) is 0 Å². The largest absolute Gasteiger partial charge is 0.491 e. The predicted molar refractivity (Wildman–Crippen MR) is 145 cm³/mol. The molecule has 0 aliphatic carbocycles. The number of rotatable bonds is 12. The molecule has 3 aromatic rings. The molecule has 0 saturated heterocycles. The van der Waals surface area contributed by atoms with Crippen molar-refractivity contribution in [2.24, 2.45) is 0 Å². The van der Waals surface area contributed by atoms with Crippen molar-refractivity contribution in [3.63, 3.8) is 0 Å². The summed E-state index contributed by atoms with van der Waals surface area (Å²) in [6.45, 7) is 3.41. The normalized spacial score (nSPS) is 10.8. The fourth-order valence-electron chi connectivity index (χ4n) is 2.97. The minimum absolute atomic E-state index is 0.0232. The van der Waals surface area contributed by atoms with E-state index in [4.69, 9.17) is 31.2 Å². The van der Waals surface area contributed by atoms with Crippen LogP contribution in [0.2, 0.25) is 0 Å². The fourth-order valence-corrected chi connectivity index (χ4v) is 4.17. The molecule has 1 amide bonds. The number of benzene rings is 2. The van der Waals surface area contributed by atoms with E-state index in [1.165, 1.54) is 44.6 Å². The SMILES string of the molecule is CCOCCOc1ccc(C(=O)NC(=S)Nc2ccc(S(=O)(=O)Nc3cc(OC)nc(OC)n3)cc2)cc1. The first-order valence-electron chi connectivity index (χ1n) is 11.3. The molecule has 0 aliphatic rings. The van der Waals surface area contributed by atoms with Gasteiger partial charge in [-0.25, -0.2) is 8.42 Å². The molecule has 38 heavy (non-hydrogen) atoms. The van der Waals surface area contributed by atoms with Crippen molar-refractivity contribution in [1.29, 1.82) is 0 Å². The average Bonchev–Trinajstić information content (AvgIpc) is 2.91. The number of anilines is 2. The van der Waals surface area contributed by atoms with Gasteiger partial charge in [0.1, 0.15) is 12.4 Å². The first kappa shape index (κ1) is 28.6. The molecule has 1 heterocycles. The quantitative estimate of drug-likeness (QED) is 0.221. The van der Waals surface area contributed by atoms with Gasteiger partial charge < -0.3 is 24.3 Å². The number of aromatic nitrogens is 2. The van der Waals surface area contributed by atoms with Crippen molar-refractivity contribution in [3.8, 4) is 17.6 Å². The zero-order valence-corrected chi connectivity index (χ0v) is 22.5. The van der Waals surface area contributed by atoms with Crippen molar-refractivity contribution in [2.75, 3.05) is 44.1 Å². The van der Waals surface area contributed by atoms with E-state index in [0.29, 0.717) is 36.8 Å². The Bertz CT molecular complexity index is 1330. The number of carbonyl (C=O) groups is 1. The Hall–Kier alpha value is -4.01. The maximum atomic E-state index is 12.8. The number of methoxy groups -OCH3 is 2. The molecule has 14 heteroatoms.